The molecule has 0 heterocycles. The summed E-state index contributed by atoms with van der Waals surface area (Å²) in [5, 5.41) is 3.47. The molecule has 0 aliphatic carbocycles. The molecule has 0 amide bonds. The highest BCUT2D eigenvalue weighted by molar-refractivity contribution is 5.79. The van der Waals surface area contributed by atoms with Crippen molar-refractivity contribution in [1.29, 1.82) is 0 Å². The molecule has 0 unspecified atom stereocenters. The second-order valence-electron chi connectivity index (χ2n) is 3.19. The van der Waals surface area contributed by atoms with Crippen LogP contribution in [0, 0.1) is 0 Å². The SMILES string of the molecule is CCOC(OCC)c1ccc(C=NN)cc1. The van der Waals surface area contributed by atoms with Gasteiger partial charge in [0.2, 0.25) is 0 Å². The molecule has 1 rings (SSSR count). The average molecular weight is 222 g/mol. The summed E-state index contributed by atoms with van der Waals surface area (Å²) in [4.78, 5) is 0. The van der Waals surface area contributed by atoms with Gasteiger partial charge < -0.3 is 15.3 Å². The van der Waals surface area contributed by atoms with Gasteiger partial charge >= 0.3 is 0 Å². The van der Waals surface area contributed by atoms with E-state index in [-0.39, 0.29) is 6.29 Å². The Labute approximate surface area is 96.1 Å². The summed E-state index contributed by atoms with van der Waals surface area (Å²) in [6.07, 6.45) is 1.30. The number of hydrogen-bond donors (Lipinski definition) is 1. The lowest BCUT2D eigenvalue weighted by Gasteiger charge is -2.17. The summed E-state index contributed by atoms with van der Waals surface area (Å²) in [5.41, 5.74) is 1.95. The van der Waals surface area contributed by atoms with Gasteiger partial charge in [0.05, 0.1) is 6.21 Å². The van der Waals surface area contributed by atoms with E-state index in [0.29, 0.717) is 13.2 Å². The second-order valence-corrected chi connectivity index (χ2v) is 3.19. The molecule has 2 N–H and O–H groups in total. The van der Waals surface area contributed by atoms with Crippen LogP contribution in [0.1, 0.15) is 31.3 Å². The van der Waals surface area contributed by atoms with E-state index < -0.39 is 0 Å². The Bertz CT molecular complexity index is 316. The van der Waals surface area contributed by atoms with Gasteiger partial charge in [0.1, 0.15) is 0 Å². The van der Waals surface area contributed by atoms with Crippen LogP contribution in [0.4, 0.5) is 0 Å². The first kappa shape index (κ1) is 12.7. The lowest BCUT2D eigenvalue weighted by atomic mass is 10.1. The molecule has 0 spiro atoms. The minimum atomic E-state index is -0.293. The first-order chi connectivity index (χ1) is 7.81. The fraction of sp³-hybridized carbons (Fsp3) is 0.417. The number of nitrogens with two attached hydrogens (primary N) is 1. The standard InChI is InChI=1S/C12H18N2O2/c1-3-15-12(16-4-2)11-7-5-10(6-8-11)9-14-13/h5-9,12H,3-4,13H2,1-2H3. The Balaban J connectivity index is 2.76. The lowest BCUT2D eigenvalue weighted by molar-refractivity contribution is -0.140. The molecule has 0 atom stereocenters. The topological polar surface area (TPSA) is 56.8 Å². The molecule has 0 bridgehead atoms. The minimum absolute atomic E-state index is 0.293. The largest absolute Gasteiger partial charge is 0.349 e. The molecule has 4 nitrogen and oxygen atoms in total. The monoisotopic (exact) mass is 222 g/mol. The number of ether oxygens (including phenoxy) is 2. The van der Waals surface area contributed by atoms with Gasteiger partial charge in [0.25, 0.3) is 0 Å². The van der Waals surface area contributed by atoms with Crippen LogP contribution in [-0.4, -0.2) is 19.4 Å². The summed E-state index contributed by atoms with van der Waals surface area (Å²) in [5.74, 6) is 5.07. The number of hydrogen-bond acceptors (Lipinski definition) is 4. The molecule has 1 aromatic rings. The Morgan fingerprint density at radius 2 is 1.75 bits per heavy atom. The molecule has 0 aromatic heterocycles. The lowest BCUT2D eigenvalue weighted by Crippen LogP contribution is -2.08. The van der Waals surface area contributed by atoms with Gasteiger partial charge in [-0.25, -0.2) is 0 Å². The van der Waals surface area contributed by atoms with Crippen molar-refractivity contribution in [2.45, 2.75) is 20.1 Å². The molecular weight excluding hydrogens is 204 g/mol. The fourth-order valence-electron chi connectivity index (χ4n) is 1.37. The van der Waals surface area contributed by atoms with Gasteiger partial charge in [-0.1, -0.05) is 24.3 Å². The van der Waals surface area contributed by atoms with E-state index in [4.69, 9.17) is 15.3 Å². The van der Waals surface area contributed by atoms with E-state index in [1.807, 2.05) is 38.1 Å². The van der Waals surface area contributed by atoms with Crippen molar-refractivity contribution in [3.8, 4) is 0 Å². The average Bonchev–Trinajstić information content (AvgIpc) is 2.30. The summed E-state index contributed by atoms with van der Waals surface area (Å²) in [6.45, 7) is 5.14. The Kier molecular flexibility index (Phi) is 5.53. The molecule has 88 valence electrons. The van der Waals surface area contributed by atoms with E-state index >= 15 is 0 Å². The maximum Gasteiger partial charge on any atom is 0.183 e. The number of rotatable bonds is 6. The maximum absolute atomic E-state index is 5.49. The van der Waals surface area contributed by atoms with Crippen LogP contribution in [0.3, 0.4) is 0 Å². The van der Waals surface area contributed by atoms with Crippen molar-refractivity contribution in [2.75, 3.05) is 13.2 Å². The van der Waals surface area contributed by atoms with Crippen LogP contribution in [0.2, 0.25) is 0 Å². The van der Waals surface area contributed by atoms with Crippen LogP contribution in [0.15, 0.2) is 29.4 Å². The van der Waals surface area contributed by atoms with Crippen LogP contribution in [0.25, 0.3) is 0 Å². The summed E-state index contributed by atoms with van der Waals surface area (Å²) in [6, 6.07) is 7.76. The van der Waals surface area contributed by atoms with Gasteiger partial charge in [0, 0.05) is 18.8 Å². The highest BCUT2D eigenvalue weighted by atomic mass is 16.7. The third-order valence-corrected chi connectivity index (χ3v) is 2.07. The van der Waals surface area contributed by atoms with Crippen molar-refractivity contribution in [3.63, 3.8) is 0 Å². The molecule has 16 heavy (non-hydrogen) atoms. The van der Waals surface area contributed by atoms with Gasteiger partial charge in [-0.15, -0.1) is 0 Å². The summed E-state index contributed by atoms with van der Waals surface area (Å²) < 4.78 is 11.0. The Morgan fingerprint density at radius 3 is 2.19 bits per heavy atom. The molecule has 0 radical (unpaired) electrons. The zero-order valence-electron chi connectivity index (χ0n) is 9.72. The summed E-state index contributed by atoms with van der Waals surface area (Å²) >= 11 is 0. The maximum atomic E-state index is 5.49. The zero-order chi connectivity index (χ0) is 11.8. The fourth-order valence-corrected chi connectivity index (χ4v) is 1.37. The van der Waals surface area contributed by atoms with Gasteiger partial charge in [-0.05, 0) is 19.4 Å². The van der Waals surface area contributed by atoms with Crippen molar-refractivity contribution < 1.29 is 9.47 Å². The molecule has 0 saturated heterocycles. The molecule has 1 aromatic carbocycles. The van der Waals surface area contributed by atoms with E-state index in [0.717, 1.165) is 11.1 Å². The first-order valence-corrected chi connectivity index (χ1v) is 5.38. The smallest absolute Gasteiger partial charge is 0.183 e. The Morgan fingerprint density at radius 1 is 1.19 bits per heavy atom. The minimum Gasteiger partial charge on any atom is -0.349 e. The predicted molar refractivity (Wildman–Crippen MR) is 64.2 cm³/mol. The Hall–Kier alpha value is -1.39. The summed E-state index contributed by atoms with van der Waals surface area (Å²) in [7, 11) is 0. The first-order valence-electron chi connectivity index (χ1n) is 5.38. The van der Waals surface area contributed by atoms with Gasteiger partial charge in [-0.3, -0.25) is 0 Å². The van der Waals surface area contributed by atoms with Crippen molar-refractivity contribution >= 4 is 6.21 Å². The van der Waals surface area contributed by atoms with E-state index in [9.17, 15) is 0 Å². The molecule has 0 aliphatic rings. The number of hydrazone groups is 1. The molecule has 4 heteroatoms. The van der Waals surface area contributed by atoms with E-state index in [1.54, 1.807) is 6.21 Å². The van der Waals surface area contributed by atoms with Crippen LogP contribution < -0.4 is 5.84 Å². The van der Waals surface area contributed by atoms with Crippen LogP contribution in [-0.2, 0) is 9.47 Å². The third-order valence-electron chi connectivity index (χ3n) is 2.07. The van der Waals surface area contributed by atoms with Crippen molar-refractivity contribution in [3.05, 3.63) is 35.4 Å². The van der Waals surface area contributed by atoms with Crippen LogP contribution >= 0.6 is 0 Å². The van der Waals surface area contributed by atoms with Crippen LogP contribution in [0.5, 0.6) is 0 Å². The zero-order valence-corrected chi connectivity index (χ0v) is 9.72. The molecule has 0 fully saturated rings. The van der Waals surface area contributed by atoms with Crippen molar-refractivity contribution in [1.82, 2.24) is 0 Å². The van der Waals surface area contributed by atoms with E-state index in [1.165, 1.54) is 0 Å². The third kappa shape index (κ3) is 3.64. The van der Waals surface area contributed by atoms with Gasteiger partial charge in [-0.2, -0.15) is 5.10 Å². The number of nitrogens with zero attached hydrogens (tertiary/aromatic N) is 1. The second kappa shape index (κ2) is 6.98. The van der Waals surface area contributed by atoms with Crippen molar-refractivity contribution in [2.24, 2.45) is 10.9 Å². The molecular formula is C12H18N2O2. The number of benzene rings is 1. The van der Waals surface area contributed by atoms with E-state index in [2.05, 4.69) is 5.10 Å². The highest BCUT2D eigenvalue weighted by Crippen LogP contribution is 2.18. The normalized spacial score (nSPS) is 11.4. The van der Waals surface area contributed by atoms with Gasteiger partial charge in [0.15, 0.2) is 6.29 Å². The highest BCUT2D eigenvalue weighted by Gasteiger charge is 2.10. The quantitative estimate of drug-likeness (QED) is 0.347. The molecule has 0 aliphatic heterocycles. The molecule has 0 saturated carbocycles. The predicted octanol–water partition coefficient (Wildman–Crippen LogP) is 2.05.